The summed E-state index contributed by atoms with van der Waals surface area (Å²) in [4.78, 5) is 0. The molecule has 0 spiro atoms. The molecular formula is C15H17BClNO2. The Labute approximate surface area is 125 Å². The van der Waals surface area contributed by atoms with Gasteiger partial charge in [-0.3, -0.25) is 0 Å². The van der Waals surface area contributed by atoms with Crippen LogP contribution in [0.15, 0.2) is 24.2 Å². The average Bonchev–Trinajstić information content (AvgIpc) is 2.55. The highest BCUT2D eigenvalue weighted by Gasteiger charge is 2.49. The van der Waals surface area contributed by atoms with Crippen LogP contribution < -0.4 is 0 Å². The van der Waals surface area contributed by atoms with Crippen molar-refractivity contribution in [2.75, 3.05) is 0 Å². The highest BCUT2D eigenvalue weighted by Crippen LogP contribution is 2.37. The van der Waals surface area contributed by atoms with Crippen LogP contribution in [-0.2, 0) is 9.31 Å². The van der Waals surface area contributed by atoms with E-state index in [9.17, 15) is 0 Å². The fraction of sp³-hybridized carbons (Fsp3) is 0.400. The third-order valence-electron chi connectivity index (χ3n) is 3.84. The minimum atomic E-state index is -0.425. The molecule has 0 radical (unpaired) electrons. The lowest BCUT2D eigenvalue weighted by Gasteiger charge is -2.32. The summed E-state index contributed by atoms with van der Waals surface area (Å²) in [5.41, 5.74) is 0.597. The quantitative estimate of drug-likeness (QED) is 0.776. The SMILES string of the molecule is CC1(C)OB(/C=C/c2cc(Cl)ccc2C#N)OC1(C)C. The summed E-state index contributed by atoms with van der Waals surface area (Å²) in [6, 6.07) is 7.29. The molecule has 1 aliphatic heterocycles. The van der Waals surface area contributed by atoms with E-state index in [1.807, 2.05) is 39.7 Å². The first kappa shape index (κ1) is 15.1. The molecule has 1 saturated heterocycles. The molecule has 0 amide bonds. The monoisotopic (exact) mass is 289 g/mol. The van der Waals surface area contributed by atoms with Gasteiger partial charge in [-0.25, -0.2) is 0 Å². The number of benzene rings is 1. The van der Waals surface area contributed by atoms with Crippen LogP contribution in [0, 0.1) is 11.3 Å². The van der Waals surface area contributed by atoms with Crippen molar-refractivity contribution in [1.82, 2.24) is 0 Å². The molecule has 1 fully saturated rings. The van der Waals surface area contributed by atoms with Crippen LogP contribution in [0.4, 0.5) is 0 Å². The molecule has 104 valence electrons. The zero-order valence-corrected chi connectivity index (χ0v) is 12.9. The summed E-state index contributed by atoms with van der Waals surface area (Å²) < 4.78 is 11.7. The van der Waals surface area contributed by atoms with Gasteiger partial charge in [0.15, 0.2) is 0 Å². The standard InChI is InChI=1S/C15H17BClNO2/c1-14(2)15(3,4)20-16(19-14)8-7-11-9-13(17)6-5-12(11)10-18/h5-9H,1-4H3/b8-7+. The summed E-state index contributed by atoms with van der Waals surface area (Å²) in [5, 5.41) is 9.67. The lowest BCUT2D eigenvalue weighted by atomic mass is 9.88. The summed E-state index contributed by atoms with van der Waals surface area (Å²) in [6.45, 7) is 8.00. The van der Waals surface area contributed by atoms with Gasteiger partial charge in [0, 0.05) is 5.02 Å². The van der Waals surface area contributed by atoms with Crippen LogP contribution in [0.1, 0.15) is 38.8 Å². The van der Waals surface area contributed by atoms with Gasteiger partial charge in [0.1, 0.15) is 0 Å². The van der Waals surface area contributed by atoms with Gasteiger partial charge in [0.05, 0.1) is 22.8 Å². The summed E-state index contributed by atoms with van der Waals surface area (Å²) in [5.74, 6) is 1.81. The Kier molecular flexibility index (Phi) is 3.97. The maximum atomic E-state index is 9.08. The lowest BCUT2D eigenvalue weighted by molar-refractivity contribution is 0.00578. The van der Waals surface area contributed by atoms with Gasteiger partial charge in [0.25, 0.3) is 0 Å². The maximum Gasteiger partial charge on any atom is 0.487 e. The molecule has 0 unspecified atom stereocenters. The molecule has 0 aliphatic carbocycles. The molecule has 1 aromatic rings. The Bertz CT molecular complexity index is 574. The van der Waals surface area contributed by atoms with Crippen LogP contribution in [0.25, 0.3) is 6.08 Å². The predicted octanol–water partition coefficient (Wildman–Crippen LogP) is 3.86. The van der Waals surface area contributed by atoms with Crippen molar-refractivity contribution >= 4 is 24.8 Å². The van der Waals surface area contributed by atoms with Crippen molar-refractivity contribution < 1.29 is 9.31 Å². The minimum Gasteiger partial charge on any atom is -0.400 e. The maximum absolute atomic E-state index is 9.08. The topological polar surface area (TPSA) is 42.2 Å². The summed E-state index contributed by atoms with van der Waals surface area (Å²) in [7, 11) is -0.425. The van der Waals surface area contributed by atoms with Crippen LogP contribution >= 0.6 is 11.6 Å². The van der Waals surface area contributed by atoms with Gasteiger partial charge in [0.2, 0.25) is 0 Å². The molecule has 1 aliphatic rings. The first-order chi connectivity index (χ1) is 9.25. The van der Waals surface area contributed by atoms with Crippen molar-refractivity contribution in [3.63, 3.8) is 0 Å². The second-order valence-corrected chi connectivity index (χ2v) is 6.26. The predicted molar refractivity (Wildman–Crippen MR) is 81.3 cm³/mol. The van der Waals surface area contributed by atoms with Crippen molar-refractivity contribution in [2.45, 2.75) is 38.9 Å². The second-order valence-electron chi connectivity index (χ2n) is 5.83. The van der Waals surface area contributed by atoms with Crippen LogP contribution in [0.3, 0.4) is 0 Å². The van der Waals surface area contributed by atoms with E-state index in [1.54, 1.807) is 18.2 Å². The van der Waals surface area contributed by atoms with E-state index >= 15 is 0 Å². The molecule has 0 atom stereocenters. The van der Waals surface area contributed by atoms with Crippen molar-refractivity contribution in [3.05, 3.63) is 40.3 Å². The van der Waals surface area contributed by atoms with Gasteiger partial charge in [-0.1, -0.05) is 23.7 Å². The van der Waals surface area contributed by atoms with Crippen molar-refractivity contribution in [1.29, 1.82) is 5.26 Å². The van der Waals surface area contributed by atoms with Crippen LogP contribution in [0.2, 0.25) is 5.02 Å². The zero-order valence-electron chi connectivity index (χ0n) is 12.1. The molecule has 0 aromatic heterocycles. The Morgan fingerprint density at radius 3 is 2.35 bits per heavy atom. The van der Waals surface area contributed by atoms with E-state index in [4.69, 9.17) is 26.2 Å². The van der Waals surface area contributed by atoms with Gasteiger partial charge in [-0.15, -0.1) is 0 Å². The first-order valence-corrected chi connectivity index (χ1v) is 6.86. The number of nitrogens with zero attached hydrogens (tertiary/aromatic N) is 1. The van der Waals surface area contributed by atoms with E-state index < -0.39 is 7.12 Å². The number of hydrogen-bond acceptors (Lipinski definition) is 3. The minimum absolute atomic E-state index is 0.367. The van der Waals surface area contributed by atoms with E-state index in [2.05, 4.69) is 6.07 Å². The normalized spacial score (nSPS) is 20.3. The fourth-order valence-electron chi connectivity index (χ4n) is 1.92. The Balaban J connectivity index is 2.20. The molecule has 1 aromatic carbocycles. The Morgan fingerprint density at radius 2 is 1.80 bits per heavy atom. The molecule has 1 heterocycles. The van der Waals surface area contributed by atoms with Crippen molar-refractivity contribution in [2.24, 2.45) is 0 Å². The van der Waals surface area contributed by atoms with Crippen LogP contribution in [0.5, 0.6) is 0 Å². The molecular weight excluding hydrogens is 272 g/mol. The van der Waals surface area contributed by atoms with Crippen molar-refractivity contribution in [3.8, 4) is 6.07 Å². The van der Waals surface area contributed by atoms with E-state index in [0.29, 0.717) is 10.6 Å². The molecule has 3 nitrogen and oxygen atoms in total. The highest BCUT2D eigenvalue weighted by molar-refractivity contribution is 6.52. The van der Waals surface area contributed by atoms with Gasteiger partial charge in [-0.05, 0) is 51.5 Å². The Hall–Kier alpha value is -1.28. The first-order valence-electron chi connectivity index (χ1n) is 6.49. The Morgan fingerprint density at radius 1 is 1.20 bits per heavy atom. The number of halogens is 1. The summed E-state index contributed by atoms with van der Waals surface area (Å²) >= 11 is 5.95. The van der Waals surface area contributed by atoms with Crippen LogP contribution in [-0.4, -0.2) is 18.3 Å². The van der Waals surface area contributed by atoms with Gasteiger partial charge < -0.3 is 9.31 Å². The third kappa shape index (κ3) is 2.91. The molecule has 2 rings (SSSR count). The lowest BCUT2D eigenvalue weighted by Crippen LogP contribution is -2.41. The molecule has 20 heavy (non-hydrogen) atoms. The summed E-state index contributed by atoms with van der Waals surface area (Å²) in [6.07, 6.45) is 1.81. The largest absolute Gasteiger partial charge is 0.487 e. The number of hydrogen-bond donors (Lipinski definition) is 0. The molecule has 0 bridgehead atoms. The highest BCUT2D eigenvalue weighted by atomic mass is 35.5. The van der Waals surface area contributed by atoms with E-state index in [1.165, 1.54) is 0 Å². The van der Waals surface area contributed by atoms with Gasteiger partial charge >= 0.3 is 7.12 Å². The molecule has 0 saturated carbocycles. The molecule has 0 N–H and O–H groups in total. The number of rotatable bonds is 2. The zero-order chi connectivity index (χ0) is 15.0. The number of nitriles is 1. The smallest absolute Gasteiger partial charge is 0.400 e. The van der Waals surface area contributed by atoms with E-state index in [0.717, 1.165) is 5.56 Å². The van der Waals surface area contributed by atoms with E-state index in [-0.39, 0.29) is 11.2 Å². The molecule has 5 heteroatoms. The fourth-order valence-corrected chi connectivity index (χ4v) is 2.10. The third-order valence-corrected chi connectivity index (χ3v) is 4.07. The second kappa shape index (κ2) is 5.25. The average molecular weight is 290 g/mol. The van der Waals surface area contributed by atoms with Gasteiger partial charge in [-0.2, -0.15) is 5.26 Å².